The number of rotatable bonds is 5. The van der Waals surface area contributed by atoms with E-state index in [9.17, 15) is 0 Å². The summed E-state index contributed by atoms with van der Waals surface area (Å²) in [6, 6.07) is 61.1. The van der Waals surface area contributed by atoms with E-state index in [1.54, 1.807) is 0 Å². The van der Waals surface area contributed by atoms with Crippen molar-refractivity contribution in [3.63, 3.8) is 0 Å². The summed E-state index contributed by atoms with van der Waals surface area (Å²) in [5, 5.41) is 13.3. The number of benzene rings is 7. The fraction of sp³-hybridized carbons (Fsp3) is 0.0213. The van der Waals surface area contributed by atoms with Gasteiger partial charge in [0.05, 0.1) is 0 Å². The Hall–Kier alpha value is -6.28. The van der Waals surface area contributed by atoms with Gasteiger partial charge in [-0.1, -0.05) is 164 Å². The fourth-order valence-corrected chi connectivity index (χ4v) is 9.75. The lowest BCUT2D eigenvalue weighted by Crippen LogP contribution is -1.93. The third-order valence-electron chi connectivity index (χ3n) is 10.2. The van der Waals surface area contributed by atoms with E-state index >= 15 is 0 Å². The molecule has 3 nitrogen and oxygen atoms in total. The van der Waals surface area contributed by atoms with Gasteiger partial charge in [0.1, 0.15) is 0 Å². The average Bonchev–Trinajstić information content (AvgIpc) is 3.77. The molecule has 4 heteroatoms. The van der Waals surface area contributed by atoms with Crippen LogP contribution in [-0.4, -0.2) is 14.6 Å². The monoisotopic (exact) mass is 669 g/mol. The number of hydrogen-bond donors (Lipinski definition) is 0. The Labute approximate surface area is 297 Å². The highest BCUT2D eigenvalue weighted by molar-refractivity contribution is 7.59. The first-order valence-corrected chi connectivity index (χ1v) is 19.1. The molecule has 51 heavy (non-hydrogen) atoms. The molecule has 1 unspecified atom stereocenters. The van der Waals surface area contributed by atoms with Crippen LogP contribution in [0, 0.1) is 0 Å². The van der Waals surface area contributed by atoms with E-state index in [4.69, 9.17) is 10.1 Å². The first-order chi connectivity index (χ1) is 25.2. The van der Waals surface area contributed by atoms with Crippen LogP contribution >= 0.6 is 7.53 Å². The van der Waals surface area contributed by atoms with Crippen molar-refractivity contribution in [3.8, 4) is 55.9 Å². The van der Waals surface area contributed by atoms with Crippen LogP contribution in [0.1, 0.15) is 0 Å². The summed E-state index contributed by atoms with van der Waals surface area (Å²) < 4.78 is 1.93. The Balaban J connectivity index is 1.07. The van der Waals surface area contributed by atoms with Crippen LogP contribution in [0.2, 0.25) is 0 Å². The molecule has 3 heterocycles. The molecule has 0 spiro atoms. The Morgan fingerprint density at radius 3 is 1.78 bits per heavy atom. The molecule has 0 radical (unpaired) electrons. The maximum absolute atomic E-state index is 5.09. The lowest BCUT2D eigenvalue weighted by molar-refractivity contribution is 0.968. The molecule has 0 aliphatic rings. The van der Waals surface area contributed by atoms with E-state index in [-0.39, 0.29) is 7.53 Å². The van der Waals surface area contributed by atoms with E-state index in [1.807, 2.05) is 16.6 Å². The van der Waals surface area contributed by atoms with Crippen LogP contribution in [0.4, 0.5) is 0 Å². The zero-order valence-corrected chi connectivity index (χ0v) is 28.9. The van der Waals surface area contributed by atoms with Crippen molar-refractivity contribution in [3.05, 3.63) is 176 Å². The normalized spacial score (nSPS) is 12.0. The second-order valence-electron chi connectivity index (χ2n) is 13.1. The van der Waals surface area contributed by atoms with Crippen molar-refractivity contribution in [1.29, 1.82) is 0 Å². The van der Waals surface area contributed by atoms with Gasteiger partial charge in [-0.05, 0) is 62.3 Å². The van der Waals surface area contributed by atoms with Gasteiger partial charge >= 0.3 is 0 Å². The molecule has 0 N–H and O–H groups in total. The SMILES string of the molecule is Cp1c2ccccc2c2c(-c3ccc(-c4ccc(-c5nc6c(-c7ccccc7)cc(-c7ccccc7)cn6n5)cc4)c4ccccc34)cccc21. The highest BCUT2D eigenvalue weighted by atomic mass is 31.1. The van der Waals surface area contributed by atoms with Crippen LogP contribution in [0.15, 0.2) is 176 Å². The van der Waals surface area contributed by atoms with Gasteiger partial charge in [-0.15, -0.1) is 12.6 Å². The summed E-state index contributed by atoms with van der Waals surface area (Å²) >= 11 is 0. The summed E-state index contributed by atoms with van der Waals surface area (Å²) in [5.74, 6) is 0.707. The lowest BCUT2D eigenvalue weighted by atomic mass is 9.90. The Morgan fingerprint density at radius 2 is 1.02 bits per heavy atom. The van der Waals surface area contributed by atoms with Gasteiger partial charge in [0, 0.05) is 38.5 Å². The predicted octanol–water partition coefficient (Wildman–Crippen LogP) is 13.0. The van der Waals surface area contributed by atoms with Crippen molar-refractivity contribution in [1.82, 2.24) is 14.6 Å². The van der Waals surface area contributed by atoms with Crippen molar-refractivity contribution in [2.45, 2.75) is 0 Å². The van der Waals surface area contributed by atoms with Crippen molar-refractivity contribution in [2.24, 2.45) is 6.66 Å². The van der Waals surface area contributed by atoms with Crippen LogP contribution < -0.4 is 0 Å². The van der Waals surface area contributed by atoms with Crippen LogP contribution in [0.3, 0.4) is 0 Å². The fourth-order valence-electron chi connectivity index (χ4n) is 7.75. The first-order valence-electron chi connectivity index (χ1n) is 17.3. The topological polar surface area (TPSA) is 30.2 Å². The number of fused-ring (bicyclic) bond motifs is 5. The molecule has 3 aromatic heterocycles. The summed E-state index contributed by atoms with van der Waals surface area (Å²) in [7, 11) is -0.357. The number of nitrogens with zero attached hydrogens (tertiary/aromatic N) is 3. The molecule has 0 amide bonds. The van der Waals surface area contributed by atoms with Crippen molar-refractivity contribution >= 4 is 45.0 Å². The smallest absolute Gasteiger partial charge is 0.182 e. The quantitative estimate of drug-likeness (QED) is 0.183. The molecule has 0 fully saturated rings. The van der Waals surface area contributed by atoms with Crippen LogP contribution in [-0.2, 0) is 6.66 Å². The standard InChI is InChI=1S/C47H32N3P/c1-51-43-21-11-10-19-41(43)45-40(20-12-22-44(45)51)39-28-27-36(37-17-8-9-18-38(37)39)33-23-25-34(26-24-33)46-48-47-42(32-15-6-3-7-16-32)29-35(30-50(47)49-46)31-13-4-2-5-14-31/h2-30H,1H3. The Morgan fingerprint density at radius 1 is 0.431 bits per heavy atom. The molecule has 240 valence electrons. The molecule has 0 aliphatic carbocycles. The van der Waals surface area contributed by atoms with Gasteiger partial charge in [0.2, 0.25) is 0 Å². The molecule has 0 saturated heterocycles. The highest BCUT2D eigenvalue weighted by Gasteiger charge is 2.17. The van der Waals surface area contributed by atoms with Gasteiger partial charge in [-0.25, -0.2) is 9.50 Å². The minimum absolute atomic E-state index is 0.357. The first kappa shape index (κ1) is 29.6. The molecule has 0 aliphatic heterocycles. The summed E-state index contributed by atoms with van der Waals surface area (Å²) in [6.45, 7) is 2.39. The minimum Gasteiger partial charge on any atom is -0.219 e. The molecule has 0 saturated carbocycles. The molecular weight excluding hydrogens is 638 g/mol. The van der Waals surface area contributed by atoms with Gasteiger partial charge in [0.15, 0.2) is 11.5 Å². The van der Waals surface area contributed by atoms with Crippen LogP contribution in [0.25, 0.3) is 93.3 Å². The third kappa shape index (κ3) is 4.89. The van der Waals surface area contributed by atoms with E-state index in [2.05, 4.69) is 171 Å². The van der Waals surface area contributed by atoms with Crippen molar-refractivity contribution in [2.75, 3.05) is 0 Å². The number of aromatic nitrogens is 3. The Kier molecular flexibility index (Phi) is 6.94. The second-order valence-corrected chi connectivity index (χ2v) is 15.2. The van der Waals surface area contributed by atoms with Gasteiger partial charge < -0.3 is 0 Å². The maximum atomic E-state index is 5.09. The molecule has 10 aromatic rings. The highest BCUT2D eigenvalue weighted by Crippen LogP contribution is 2.50. The third-order valence-corrected chi connectivity index (χ3v) is 12.4. The average molecular weight is 670 g/mol. The molecule has 10 rings (SSSR count). The van der Waals surface area contributed by atoms with Crippen molar-refractivity contribution < 1.29 is 0 Å². The summed E-state index contributed by atoms with van der Waals surface area (Å²) in [4.78, 5) is 5.09. The van der Waals surface area contributed by atoms with Gasteiger partial charge in [0.25, 0.3) is 0 Å². The second kappa shape index (κ2) is 11.9. The molecule has 0 bridgehead atoms. The predicted molar refractivity (Wildman–Crippen MR) is 216 cm³/mol. The van der Waals surface area contributed by atoms with Gasteiger partial charge in [-0.2, -0.15) is 0 Å². The Bertz CT molecular complexity index is 2900. The minimum atomic E-state index is -0.357. The molecule has 7 aromatic carbocycles. The summed E-state index contributed by atoms with van der Waals surface area (Å²) in [5.41, 5.74) is 11.2. The van der Waals surface area contributed by atoms with Gasteiger partial charge in [-0.3, -0.25) is 0 Å². The van der Waals surface area contributed by atoms with E-state index in [1.165, 1.54) is 54.0 Å². The largest absolute Gasteiger partial charge is 0.219 e. The number of hydrogen-bond acceptors (Lipinski definition) is 2. The van der Waals surface area contributed by atoms with E-state index in [0.29, 0.717) is 5.82 Å². The van der Waals surface area contributed by atoms with E-state index in [0.717, 1.165) is 33.5 Å². The van der Waals surface area contributed by atoms with E-state index < -0.39 is 0 Å². The van der Waals surface area contributed by atoms with Crippen LogP contribution in [0.5, 0.6) is 0 Å². The molecular formula is C47H32N3P. The molecule has 1 atom stereocenters. The summed E-state index contributed by atoms with van der Waals surface area (Å²) in [6.07, 6.45) is 2.08. The zero-order chi connectivity index (χ0) is 33.9. The number of pyridine rings is 1. The lowest BCUT2D eigenvalue weighted by Gasteiger charge is -2.14. The maximum Gasteiger partial charge on any atom is 0.182 e. The zero-order valence-electron chi connectivity index (χ0n) is 28.0. The number of aryl methyl sites for hydroxylation is 1.